The van der Waals surface area contributed by atoms with Crippen molar-refractivity contribution in [2.75, 3.05) is 40.3 Å². The van der Waals surface area contributed by atoms with Gasteiger partial charge in [-0.2, -0.15) is 0 Å². The molecule has 1 aromatic carbocycles. The normalized spacial score (nSPS) is 26.2. The van der Waals surface area contributed by atoms with Crippen molar-refractivity contribution >= 4 is 15.9 Å². The van der Waals surface area contributed by atoms with E-state index >= 15 is 0 Å². The summed E-state index contributed by atoms with van der Waals surface area (Å²) in [5.74, 6) is 0.445. The van der Waals surface area contributed by atoms with Crippen LogP contribution in [0.4, 0.5) is 0 Å². The van der Waals surface area contributed by atoms with Gasteiger partial charge in [-0.1, -0.05) is 24.3 Å². The van der Waals surface area contributed by atoms with Crippen molar-refractivity contribution in [3.8, 4) is 0 Å². The lowest BCUT2D eigenvalue weighted by Crippen LogP contribution is -2.42. The Labute approximate surface area is 163 Å². The van der Waals surface area contributed by atoms with Crippen molar-refractivity contribution in [3.63, 3.8) is 0 Å². The van der Waals surface area contributed by atoms with Crippen molar-refractivity contribution < 1.29 is 13.2 Å². The molecule has 2 fully saturated rings. The number of hydrogen-bond acceptors (Lipinski definition) is 4. The first kappa shape index (κ1) is 20.3. The highest BCUT2D eigenvalue weighted by atomic mass is 32.2. The Kier molecular flexibility index (Phi) is 5.66. The summed E-state index contributed by atoms with van der Waals surface area (Å²) >= 11 is 0. The largest absolute Gasteiger partial charge is 0.334 e. The average Bonchev–Trinajstić information content (AvgIpc) is 3.13. The monoisotopic (exact) mass is 393 g/mol. The minimum atomic E-state index is -3.27. The van der Waals surface area contributed by atoms with Crippen LogP contribution in [0, 0.1) is 18.8 Å². The molecule has 2 aliphatic rings. The highest BCUT2D eigenvalue weighted by Crippen LogP contribution is 2.46. The molecule has 3 rings (SSSR count). The third kappa shape index (κ3) is 3.77. The van der Waals surface area contributed by atoms with Crippen LogP contribution in [0.3, 0.4) is 0 Å². The molecule has 6 nitrogen and oxygen atoms in total. The van der Waals surface area contributed by atoms with E-state index in [1.54, 1.807) is 18.2 Å². The quantitative estimate of drug-likeness (QED) is 0.764. The lowest BCUT2D eigenvalue weighted by molar-refractivity contribution is -0.133. The fourth-order valence-corrected chi connectivity index (χ4v) is 5.82. The second-order valence-electron chi connectivity index (χ2n) is 8.42. The molecule has 2 saturated heterocycles. The molecule has 0 unspecified atom stereocenters. The first-order valence-corrected chi connectivity index (χ1v) is 11.1. The summed E-state index contributed by atoms with van der Waals surface area (Å²) in [6.07, 6.45) is 0. The number of aryl methyl sites for hydroxylation is 1. The summed E-state index contributed by atoms with van der Waals surface area (Å²) in [4.78, 5) is 16.8. The topological polar surface area (TPSA) is 60.9 Å². The van der Waals surface area contributed by atoms with Crippen LogP contribution in [-0.4, -0.2) is 74.0 Å². The molecular formula is C20H31N3O3S. The zero-order chi connectivity index (χ0) is 19.9. The fourth-order valence-electron chi connectivity index (χ4n) is 4.45. The van der Waals surface area contributed by atoms with E-state index in [1.807, 2.05) is 36.0 Å². The van der Waals surface area contributed by atoms with Crippen LogP contribution in [0.15, 0.2) is 24.3 Å². The second kappa shape index (κ2) is 7.53. The van der Waals surface area contributed by atoms with Gasteiger partial charge in [-0.25, -0.2) is 12.7 Å². The van der Waals surface area contributed by atoms with Crippen LogP contribution in [0.2, 0.25) is 0 Å². The van der Waals surface area contributed by atoms with E-state index in [0.29, 0.717) is 26.2 Å². The number of rotatable bonds is 5. The number of sulfonamides is 1. The molecule has 1 amide bonds. The Bertz CT molecular complexity index is 806. The van der Waals surface area contributed by atoms with Crippen molar-refractivity contribution in [1.29, 1.82) is 0 Å². The van der Waals surface area contributed by atoms with Crippen LogP contribution in [-0.2, 0) is 14.8 Å². The van der Waals surface area contributed by atoms with E-state index in [9.17, 15) is 13.2 Å². The summed E-state index contributed by atoms with van der Waals surface area (Å²) in [5.41, 5.74) is 2.29. The molecule has 0 aliphatic carbocycles. The molecular weight excluding hydrogens is 362 g/mol. The Morgan fingerprint density at radius 3 is 2.44 bits per heavy atom. The van der Waals surface area contributed by atoms with E-state index in [4.69, 9.17) is 0 Å². The number of nitrogens with zero attached hydrogens (tertiary/aromatic N) is 3. The van der Waals surface area contributed by atoms with Gasteiger partial charge >= 0.3 is 0 Å². The predicted molar refractivity (Wildman–Crippen MR) is 107 cm³/mol. The standard InChI is InChI=1S/C20H31N3O3S/c1-14(2)27(25,26)22-10-16-11-23(19(24)13-21(4)5)20(18(16)12-22)17-9-7-6-8-15(17)3/h6-9,14,16,18,20H,10-13H2,1-5H3/t16-,18-,20+/m1/s1. The number of carbonyl (C=O) groups is 1. The zero-order valence-electron chi connectivity index (χ0n) is 16.9. The molecule has 27 heavy (non-hydrogen) atoms. The molecule has 0 spiro atoms. The van der Waals surface area contributed by atoms with Gasteiger partial charge in [-0.3, -0.25) is 4.79 Å². The third-order valence-corrected chi connectivity index (χ3v) is 8.07. The lowest BCUT2D eigenvalue weighted by Gasteiger charge is -2.31. The van der Waals surface area contributed by atoms with E-state index in [0.717, 1.165) is 11.1 Å². The van der Waals surface area contributed by atoms with Crippen molar-refractivity contribution in [2.24, 2.45) is 11.8 Å². The number of hydrogen-bond donors (Lipinski definition) is 0. The summed E-state index contributed by atoms with van der Waals surface area (Å²) in [5, 5.41) is -0.417. The summed E-state index contributed by atoms with van der Waals surface area (Å²) < 4.78 is 27.0. The highest BCUT2D eigenvalue weighted by molar-refractivity contribution is 7.89. The van der Waals surface area contributed by atoms with E-state index in [1.165, 1.54) is 0 Å². The molecule has 0 aromatic heterocycles. The molecule has 2 heterocycles. The minimum absolute atomic E-state index is 0.0592. The number of likely N-dealkylation sites (N-methyl/N-ethyl adjacent to an activating group) is 1. The SMILES string of the molecule is Cc1ccccc1[C@H]1[C@@H]2CN(S(=O)(=O)C(C)C)C[C@@H]2CN1C(=O)CN(C)C. The van der Waals surface area contributed by atoms with Gasteiger partial charge in [0.25, 0.3) is 0 Å². The van der Waals surface area contributed by atoms with Crippen LogP contribution >= 0.6 is 0 Å². The first-order valence-electron chi connectivity index (χ1n) is 9.61. The van der Waals surface area contributed by atoms with Crippen LogP contribution in [0.1, 0.15) is 31.0 Å². The maximum atomic E-state index is 12.9. The van der Waals surface area contributed by atoms with E-state index < -0.39 is 15.3 Å². The number of carbonyl (C=O) groups excluding carboxylic acids is 1. The molecule has 2 aliphatic heterocycles. The van der Waals surface area contributed by atoms with Gasteiger partial charge in [0.1, 0.15) is 0 Å². The molecule has 0 bridgehead atoms. The number of benzene rings is 1. The minimum Gasteiger partial charge on any atom is -0.334 e. The van der Waals surface area contributed by atoms with Gasteiger partial charge in [0.05, 0.1) is 17.8 Å². The fraction of sp³-hybridized carbons (Fsp3) is 0.650. The Hall–Kier alpha value is -1.44. The van der Waals surface area contributed by atoms with Crippen LogP contribution < -0.4 is 0 Å². The third-order valence-electron chi connectivity index (χ3n) is 5.87. The molecule has 0 N–H and O–H groups in total. The second-order valence-corrected chi connectivity index (χ2v) is 10.9. The Balaban J connectivity index is 1.94. The Morgan fingerprint density at radius 2 is 1.85 bits per heavy atom. The number of fused-ring (bicyclic) bond motifs is 1. The first-order chi connectivity index (χ1) is 12.6. The van der Waals surface area contributed by atoms with Crippen LogP contribution in [0.25, 0.3) is 0 Å². The maximum Gasteiger partial charge on any atom is 0.237 e. The Morgan fingerprint density at radius 1 is 1.19 bits per heavy atom. The molecule has 150 valence electrons. The van der Waals surface area contributed by atoms with Crippen molar-refractivity contribution in [2.45, 2.75) is 32.1 Å². The lowest BCUT2D eigenvalue weighted by atomic mass is 9.87. The van der Waals surface area contributed by atoms with Crippen molar-refractivity contribution in [3.05, 3.63) is 35.4 Å². The van der Waals surface area contributed by atoms with Gasteiger partial charge in [0.15, 0.2) is 0 Å². The van der Waals surface area contributed by atoms with Gasteiger partial charge in [-0.15, -0.1) is 0 Å². The van der Waals surface area contributed by atoms with E-state index in [2.05, 4.69) is 19.1 Å². The van der Waals surface area contributed by atoms with E-state index in [-0.39, 0.29) is 23.8 Å². The number of likely N-dealkylation sites (tertiary alicyclic amines) is 1. The average molecular weight is 394 g/mol. The molecule has 0 saturated carbocycles. The summed E-state index contributed by atoms with van der Waals surface area (Å²) in [6, 6.07) is 8.09. The van der Waals surface area contributed by atoms with Gasteiger partial charge in [0.2, 0.25) is 15.9 Å². The molecule has 1 aromatic rings. The summed E-state index contributed by atoms with van der Waals surface area (Å²) in [6.45, 7) is 7.53. The predicted octanol–water partition coefficient (Wildman–Crippen LogP) is 1.73. The van der Waals surface area contributed by atoms with Crippen LogP contribution in [0.5, 0.6) is 0 Å². The number of amides is 1. The molecule has 3 atom stereocenters. The maximum absolute atomic E-state index is 12.9. The highest BCUT2D eigenvalue weighted by Gasteiger charge is 2.51. The zero-order valence-corrected chi connectivity index (χ0v) is 17.7. The molecule has 0 radical (unpaired) electrons. The molecule has 7 heteroatoms. The summed E-state index contributed by atoms with van der Waals surface area (Å²) in [7, 11) is 0.525. The van der Waals surface area contributed by atoms with Gasteiger partial charge in [0, 0.05) is 25.6 Å². The smallest absolute Gasteiger partial charge is 0.237 e. The van der Waals surface area contributed by atoms with Gasteiger partial charge in [-0.05, 0) is 51.9 Å². The van der Waals surface area contributed by atoms with Gasteiger partial charge < -0.3 is 9.80 Å². The van der Waals surface area contributed by atoms with Crippen molar-refractivity contribution in [1.82, 2.24) is 14.1 Å².